The van der Waals surface area contributed by atoms with E-state index in [2.05, 4.69) is 15.6 Å². The average molecular weight is 308 g/mol. The maximum absolute atomic E-state index is 11.7. The predicted octanol–water partition coefficient (Wildman–Crippen LogP) is 1.99. The van der Waals surface area contributed by atoms with Gasteiger partial charge in [-0.1, -0.05) is 11.6 Å². The first-order valence-electron chi connectivity index (χ1n) is 6.79. The number of carbonyl (C=O) groups excluding carboxylic acids is 1. The van der Waals surface area contributed by atoms with Crippen LogP contribution in [0.5, 0.6) is 5.75 Å². The fraction of sp³-hybridized carbons (Fsp3) is 0.333. The maximum Gasteiger partial charge on any atom is 0.257 e. The molecule has 0 unspecified atom stereocenters. The van der Waals surface area contributed by atoms with Gasteiger partial charge < -0.3 is 15.4 Å². The molecule has 1 aromatic heterocycles. The standard InChI is InChI=1S/C15H18ClN3O2/c1-17-7-3-9-18-14(20)10-21-13-6-5-12(16)11-4-2-8-19-15(11)13/h2,4-6,8,17H,3,7,9-10H2,1H3,(H,18,20). The number of benzene rings is 1. The number of ether oxygens (including phenoxy) is 1. The lowest BCUT2D eigenvalue weighted by Crippen LogP contribution is -2.31. The van der Waals surface area contributed by atoms with Gasteiger partial charge in [0.25, 0.3) is 5.91 Å². The van der Waals surface area contributed by atoms with Crippen LogP contribution >= 0.6 is 11.6 Å². The van der Waals surface area contributed by atoms with Crippen molar-refractivity contribution in [2.75, 3.05) is 26.7 Å². The summed E-state index contributed by atoms with van der Waals surface area (Å²) >= 11 is 6.11. The Morgan fingerprint density at radius 3 is 3.00 bits per heavy atom. The molecular formula is C15H18ClN3O2. The normalized spacial score (nSPS) is 10.6. The lowest BCUT2D eigenvalue weighted by Gasteiger charge is -2.10. The molecule has 0 saturated carbocycles. The Kier molecular flexibility index (Phi) is 5.78. The zero-order valence-electron chi connectivity index (χ0n) is 11.9. The van der Waals surface area contributed by atoms with E-state index in [9.17, 15) is 4.79 Å². The van der Waals surface area contributed by atoms with E-state index in [1.165, 1.54) is 0 Å². The van der Waals surface area contributed by atoms with E-state index >= 15 is 0 Å². The van der Waals surface area contributed by atoms with Gasteiger partial charge in [0, 0.05) is 18.1 Å². The lowest BCUT2D eigenvalue weighted by atomic mass is 10.2. The van der Waals surface area contributed by atoms with Crippen LogP contribution in [0.4, 0.5) is 0 Å². The van der Waals surface area contributed by atoms with Crippen molar-refractivity contribution in [3.63, 3.8) is 0 Å². The molecule has 0 bridgehead atoms. The third-order valence-electron chi connectivity index (χ3n) is 2.96. The van der Waals surface area contributed by atoms with E-state index < -0.39 is 0 Å². The Labute approximate surface area is 128 Å². The van der Waals surface area contributed by atoms with Crippen molar-refractivity contribution in [2.45, 2.75) is 6.42 Å². The Bertz CT molecular complexity index is 619. The van der Waals surface area contributed by atoms with E-state index in [-0.39, 0.29) is 12.5 Å². The van der Waals surface area contributed by atoms with Crippen LogP contribution in [0.15, 0.2) is 30.5 Å². The van der Waals surface area contributed by atoms with E-state index in [4.69, 9.17) is 16.3 Å². The van der Waals surface area contributed by atoms with Gasteiger partial charge in [-0.05, 0) is 44.3 Å². The predicted molar refractivity (Wildman–Crippen MR) is 83.8 cm³/mol. The van der Waals surface area contributed by atoms with E-state index in [1.807, 2.05) is 19.2 Å². The largest absolute Gasteiger partial charge is 0.481 e. The molecule has 2 N–H and O–H groups in total. The molecule has 0 aliphatic heterocycles. The van der Waals surface area contributed by atoms with Crippen molar-refractivity contribution in [1.82, 2.24) is 15.6 Å². The van der Waals surface area contributed by atoms with E-state index in [0.717, 1.165) is 18.4 Å². The van der Waals surface area contributed by atoms with E-state index in [0.29, 0.717) is 22.8 Å². The maximum atomic E-state index is 11.7. The van der Waals surface area contributed by atoms with Gasteiger partial charge in [-0.2, -0.15) is 0 Å². The highest BCUT2D eigenvalue weighted by molar-refractivity contribution is 6.35. The third-order valence-corrected chi connectivity index (χ3v) is 3.29. The molecular weight excluding hydrogens is 290 g/mol. The number of halogens is 1. The molecule has 6 heteroatoms. The van der Waals surface area contributed by atoms with Crippen LogP contribution in [-0.4, -0.2) is 37.6 Å². The molecule has 0 aliphatic carbocycles. The van der Waals surface area contributed by atoms with Crippen LogP contribution in [-0.2, 0) is 4.79 Å². The molecule has 2 rings (SSSR count). The van der Waals surface area contributed by atoms with Crippen LogP contribution in [0.1, 0.15) is 6.42 Å². The molecule has 1 aromatic carbocycles. The minimum absolute atomic E-state index is 0.0349. The van der Waals surface area contributed by atoms with E-state index in [1.54, 1.807) is 18.3 Å². The second-order valence-corrected chi connectivity index (χ2v) is 4.95. The zero-order valence-corrected chi connectivity index (χ0v) is 12.6. The molecule has 0 saturated heterocycles. The summed E-state index contributed by atoms with van der Waals surface area (Å²) in [6.45, 7) is 1.46. The average Bonchev–Trinajstić information content (AvgIpc) is 2.51. The number of rotatable bonds is 7. The summed E-state index contributed by atoms with van der Waals surface area (Å²) in [6.07, 6.45) is 2.55. The Morgan fingerprint density at radius 2 is 2.19 bits per heavy atom. The number of nitrogens with zero attached hydrogens (tertiary/aromatic N) is 1. The number of aromatic nitrogens is 1. The van der Waals surface area contributed by atoms with Gasteiger partial charge in [0.2, 0.25) is 0 Å². The SMILES string of the molecule is CNCCCNC(=O)COc1ccc(Cl)c2cccnc12. The van der Waals surface area contributed by atoms with Crippen molar-refractivity contribution in [3.05, 3.63) is 35.5 Å². The Balaban J connectivity index is 1.95. The summed E-state index contributed by atoms with van der Waals surface area (Å²) in [4.78, 5) is 15.9. The van der Waals surface area contributed by atoms with Crippen molar-refractivity contribution in [2.24, 2.45) is 0 Å². The van der Waals surface area contributed by atoms with Gasteiger partial charge >= 0.3 is 0 Å². The highest BCUT2D eigenvalue weighted by atomic mass is 35.5. The summed E-state index contributed by atoms with van der Waals surface area (Å²) in [7, 11) is 1.88. The number of fused-ring (bicyclic) bond motifs is 1. The molecule has 2 aromatic rings. The summed E-state index contributed by atoms with van der Waals surface area (Å²) in [5.74, 6) is 0.408. The number of pyridine rings is 1. The van der Waals surface area contributed by atoms with Gasteiger partial charge in [-0.25, -0.2) is 0 Å². The highest BCUT2D eigenvalue weighted by Gasteiger charge is 2.08. The first kappa shape index (κ1) is 15.5. The van der Waals surface area contributed by atoms with Gasteiger partial charge in [0.1, 0.15) is 11.3 Å². The van der Waals surface area contributed by atoms with Crippen LogP contribution in [0.2, 0.25) is 5.02 Å². The summed E-state index contributed by atoms with van der Waals surface area (Å²) in [5, 5.41) is 7.24. The number of carbonyl (C=O) groups is 1. The molecule has 1 heterocycles. The first-order chi connectivity index (χ1) is 10.2. The van der Waals surface area contributed by atoms with Gasteiger partial charge in [-0.3, -0.25) is 9.78 Å². The number of nitrogens with one attached hydrogen (secondary N) is 2. The van der Waals surface area contributed by atoms with Crippen LogP contribution < -0.4 is 15.4 Å². The van der Waals surface area contributed by atoms with Crippen molar-refractivity contribution >= 4 is 28.4 Å². The summed E-state index contributed by atoms with van der Waals surface area (Å²) < 4.78 is 5.54. The van der Waals surface area contributed by atoms with Crippen LogP contribution in [0, 0.1) is 0 Å². The highest BCUT2D eigenvalue weighted by Crippen LogP contribution is 2.29. The van der Waals surface area contributed by atoms with Gasteiger partial charge in [-0.15, -0.1) is 0 Å². The quantitative estimate of drug-likeness (QED) is 0.768. The summed E-state index contributed by atoms with van der Waals surface area (Å²) in [6, 6.07) is 7.15. The minimum Gasteiger partial charge on any atom is -0.481 e. The van der Waals surface area contributed by atoms with Crippen LogP contribution in [0.25, 0.3) is 10.9 Å². The smallest absolute Gasteiger partial charge is 0.257 e. The molecule has 5 nitrogen and oxygen atoms in total. The molecule has 21 heavy (non-hydrogen) atoms. The van der Waals surface area contributed by atoms with Gasteiger partial charge in [0.05, 0.1) is 5.02 Å². The second kappa shape index (κ2) is 7.81. The Hall–Kier alpha value is -1.85. The Morgan fingerprint density at radius 1 is 1.33 bits per heavy atom. The van der Waals surface area contributed by atoms with Crippen molar-refractivity contribution in [1.29, 1.82) is 0 Å². The molecule has 0 atom stereocenters. The monoisotopic (exact) mass is 307 g/mol. The molecule has 1 amide bonds. The number of hydrogen-bond acceptors (Lipinski definition) is 4. The van der Waals surface area contributed by atoms with Gasteiger partial charge in [0.15, 0.2) is 6.61 Å². The fourth-order valence-electron chi connectivity index (χ4n) is 1.92. The molecule has 112 valence electrons. The fourth-order valence-corrected chi connectivity index (χ4v) is 2.13. The molecule has 0 fully saturated rings. The summed E-state index contributed by atoms with van der Waals surface area (Å²) in [5.41, 5.74) is 0.660. The lowest BCUT2D eigenvalue weighted by molar-refractivity contribution is -0.123. The second-order valence-electron chi connectivity index (χ2n) is 4.54. The van der Waals surface area contributed by atoms with Crippen LogP contribution in [0.3, 0.4) is 0 Å². The third kappa shape index (κ3) is 4.31. The van der Waals surface area contributed by atoms with Crippen molar-refractivity contribution < 1.29 is 9.53 Å². The first-order valence-corrected chi connectivity index (χ1v) is 7.17. The minimum atomic E-state index is -0.148. The molecule has 0 radical (unpaired) electrons. The zero-order chi connectivity index (χ0) is 15.1. The molecule has 0 spiro atoms. The number of amides is 1. The number of hydrogen-bond donors (Lipinski definition) is 2. The van der Waals surface area contributed by atoms with Crippen molar-refractivity contribution in [3.8, 4) is 5.75 Å². The molecule has 0 aliphatic rings. The topological polar surface area (TPSA) is 63.2 Å².